The first-order valence-corrected chi connectivity index (χ1v) is 12.0. The molecule has 8 heteroatoms. The number of rotatable bonds is 9. The minimum Gasteiger partial charge on any atom is -0.497 e. The number of aryl methyl sites for hydroxylation is 2. The van der Waals surface area contributed by atoms with Crippen molar-refractivity contribution < 1.29 is 4.74 Å². The van der Waals surface area contributed by atoms with E-state index in [1.807, 2.05) is 18.8 Å². The molecule has 1 aromatic carbocycles. The Hall–Kier alpha value is -1.81. The number of nitrogens with one attached hydrogen (secondary N) is 2. The van der Waals surface area contributed by atoms with Crippen LogP contribution in [0.25, 0.3) is 0 Å². The van der Waals surface area contributed by atoms with Crippen LogP contribution >= 0.6 is 24.0 Å². The van der Waals surface area contributed by atoms with Gasteiger partial charge in [0.1, 0.15) is 5.75 Å². The molecule has 3 rings (SSSR count). The van der Waals surface area contributed by atoms with Crippen molar-refractivity contribution >= 4 is 29.9 Å². The number of aromatic nitrogens is 2. The lowest BCUT2D eigenvalue weighted by Crippen LogP contribution is -2.44. The Morgan fingerprint density at radius 1 is 1.09 bits per heavy atom. The lowest BCUT2D eigenvalue weighted by molar-refractivity contribution is 0.164. The topological polar surface area (TPSA) is 66.7 Å². The van der Waals surface area contributed by atoms with Gasteiger partial charge in [-0.05, 0) is 56.5 Å². The van der Waals surface area contributed by atoms with E-state index in [-0.39, 0.29) is 24.0 Å². The van der Waals surface area contributed by atoms with Crippen LogP contribution in [0.5, 0.6) is 5.75 Å². The number of piperidine rings is 1. The highest BCUT2D eigenvalue weighted by Gasteiger charge is 2.23. The number of likely N-dealkylation sites (tertiary alicyclic amines) is 1. The first-order chi connectivity index (χ1) is 15.6. The highest BCUT2D eigenvalue weighted by atomic mass is 127. The van der Waals surface area contributed by atoms with Gasteiger partial charge in [0.15, 0.2) is 5.96 Å². The maximum atomic E-state index is 5.36. The average molecular weight is 569 g/mol. The van der Waals surface area contributed by atoms with Crippen molar-refractivity contribution in [1.29, 1.82) is 0 Å². The molecule has 0 aliphatic carbocycles. The van der Waals surface area contributed by atoms with E-state index in [1.165, 1.54) is 36.1 Å². The molecule has 7 nitrogen and oxygen atoms in total. The van der Waals surface area contributed by atoms with Gasteiger partial charge in [0.05, 0.1) is 18.8 Å². The molecule has 33 heavy (non-hydrogen) atoms. The van der Waals surface area contributed by atoms with E-state index in [1.54, 1.807) is 7.11 Å². The summed E-state index contributed by atoms with van der Waals surface area (Å²) < 4.78 is 7.37. The predicted molar refractivity (Wildman–Crippen MR) is 147 cm³/mol. The molecule has 2 heterocycles. The third-order valence-corrected chi connectivity index (χ3v) is 6.48. The van der Waals surface area contributed by atoms with Crippen LogP contribution < -0.4 is 15.4 Å². The summed E-state index contributed by atoms with van der Waals surface area (Å²) in [5.74, 6) is 1.72. The van der Waals surface area contributed by atoms with Gasteiger partial charge in [0, 0.05) is 38.4 Å². The fourth-order valence-corrected chi connectivity index (χ4v) is 4.69. The molecule has 1 fully saturated rings. The number of methoxy groups -OCH3 is 1. The SMILES string of the molecule is CCc1nn(C)c(CC)c1CNC(=NC)NCC(c1ccc(OC)cc1)N1CCCCC1.I. The Labute approximate surface area is 216 Å². The van der Waals surface area contributed by atoms with E-state index in [4.69, 9.17) is 9.84 Å². The van der Waals surface area contributed by atoms with Crippen LogP contribution in [0.3, 0.4) is 0 Å². The third kappa shape index (κ3) is 7.09. The second kappa shape index (κ2) is 13.8. The van der Waals surface area contributed by atoms with Gasteiger partial charge in [-0.3, -0.25) is 14.6 Å². The fourth-order valence-electron chi connectivity index (χ4n) is 4.69. The van der Waals surface area contributed by atoms with Gasteiger partial charge < -0.3 is 15.4 Å². The maximum absolute atomic E-state index is 5.36. The van der Waals surface area contributed by atoms with E-state index < -0.39 is 0 Å². The second-order valence-electron chi connectivity index (χ2n) is 8.39. The first-order valence-electron chi connectivity index (χ1n) is 12.0. The van der Waals surface area contributed by atoms with Crippen molar-refractivity contribution in [2.45, 2.75) is 58.5 Å². The summed E-state index contributed by atoms with van der Waals surface area (Å²) in [5.41, 5.74) is 5.05. The number of ether oxygens (including phenoxy) is 1. The monoisotopic (exact) mass is 568 g/mol. The normalized spacial score (nSPS) is 15.6. The molecule has 184 valence electrons. The Morgan fingerprint density at radius 2 is 1.79 bits per heavy atom. The van der Waals surface area contributed by atoms with Crippen LogP contribution in [0.4, 0.5) is 0 Å². The summed E-state index contributed by atoms with van der Waals surface area (Å²) in [5, 5.41) is 11.8. The molecular weight excluding hydrogens is 527 g/mol. The van der Waals surface area contributed by atoms with Gasteiger partial charge in [-0.15, -0.1) is 24.0 Å². The number of benzene rings is 1. The molecule has 2 aromatic rings. The third-order valence-electron chi connectivity index (χ3n) is 6.48. The minimum absolute atomic E-state index is 0. The molecule has 0 spiro atoms. The molecule has 0 saturated carbocycles. The molecule has 2 N–H and O–H groups in total. The van der Waals surface area contributed by atoms with Crippen molar-refractivity contribution in [3.05, 3.63) is 46.8 Å². The first kappa shape index (κ1) is 27.4. The highest BCUT2D eigenvalue weighted by Crippen LogP contribution is 2.26. The minimum atomic E-state index is 0. The van der Waals surface area contributed by atoms with Gasteiger partial charge in [0.25, 0.3) is 0 Å². The van der Waals surface area contributed by atoms with Crippen LogP contribution in [-0.4, -0.2) is 54.4 Å². The van der Waals surface area contributed by atoms with E-state index >= 15 is 0 Å². The number of aliphatic imine (C=N–C) groups is 1. The zero-order valence-corrected chi connectivity index (χ0v) is 23.2. The van der Waals surface area contributed by atoms with Crippen LogP contribution in [0.1, 0.15) is 61.7 Å². The molecule has 1 saturated heterocycles. The molecule has 0 radical (unpaired) electrons. The number of guanidine groups is 1. The van der Waals surface area contributed by atoms with E-state index in [9.17, 15) is 0 Å². The van der Waals surface area contributed by atoms with Gasteiger partial charge in [-0.1, -0.05) is 32.4 Å². The zero-order chi connectivity index (χ0) is 22.9. The van der Waals surface area contributed by atoms with E-state index in [0.717, 1.165) is 56.4 Å². The molecular formula is C25H41IN6O. The standard InChI is InChI=1S/C25H40N6O.HI/c1-6-22-21(23(7-2)30(4)29-22)17-27-25(26-3)28-18-24(31-15-9-8-10-16-31)19-11-13-20(32-5)14-12-19;/h11-14,24H,6-10,15-18H2,1-5H3,(H2,26,27,28);1H. The molecule has 0 amide bonds. The van der Waals surface area contributed by atoms with Crippen molar-refractivity contribution in [3.63, 3.8) is 0 Å². The quantitative estimate of drug-likeness (QED) is 0.272. The van der Waals surface area contributed by atoms with Crippen molar-refractivity contribution in [1.82, 2.24) is 25.3 Å². The fraction of sp³-hybridized carbons (Fsp3) is 0.600. The summed E-state index contributed by atoms with van der Waals surface area (Å²) in [6.07, 6.45) is 5.76. The second-order valence-corrected chi connectivity index (χ2v) is 8.39. The average Bonchev–Trinajstić information content (AvgIpc) is 3.16. The Balaban J connectivity index is 0.00000385. The van der Waals surface area contributed by atoms with Crippen molar-refractivity contribution in [3.8, 4) is 5.75 Å². The summed E-state index contributed by atoms with van der Waals surface area (Å²) in [6.45, 7) is 8.16. The maximum Gasteiger partial charge on any atom is 0.191 e. The molecule has 0 bridgehead atoms. The number of hydrogen-bond donors (Lipinski definition) is 2. The molecule has 1 aliphatic heterocycles. The highest BCUT2D eigenvalue weighted by molar-refractivity contribution is 14.0. The van der Waals surface area contributed by atoms with E-state index in [2.05, 4.69) is 58.6 Å². The number of halogens is 1. The van der Waals surface area contributed by atoms with E-state index in [0.29, 0.717) is 6.04 Å². The van der Waals surface area contributed by atoms with Crippen LogP contribution in [-0.2, 0) is 26.4 Å². The largest absolute Gasteiger partial charge is 0.497 e. The lowest BCUT2D eigenvalue weighted by atomic mass is 10.0. The summed E-state index contributed by atoms with van der Waals surface area (Å²) in [4.78, 5) is 7.08. The molecule has 1 atom stereocenters. The summed E-state index contributed by atoms with van der Waals surface area (Å²) >= 11 is 0. The smallest absolute Gasteiger partial charge is 0.191 e. The lowest BCUT2D eigenvalue weighted by Gasteiger charge is -2.35. The van der Waals surface area contributed by atoms with Crippen LogP contribution in [0.2, 0.25) is 0 Å². The summed E-state index contributed by atoms with van der Waals surface area (Å²) in [6, 6.07) is 8.79. The Kier molecular flexibility index (Phi) is 11.5. The van der Waals surface area contributed by atoms with Crippen molar-refractivity contribution in [2.75, 3.05) is 33.8 Å². The van der Waals surface area contributed by atoms with Crippen LogP contribution in [0.15, 0.2) is 29.3 Å². The van der Waals surface area contributed by atoms with Crippen LogP contribution in [0, 0.1) is 0 Å². The zero-order valence-electron chi connectivity index (χ0n) is 20.9. The predicted octanol–water partition coefficient (Wildman–Crippen LogP) is 4.06. The Morgan fingerprint density at radius 3 is 2.36 bits per heavy atom. The van der Waals surface area contributed by atoms with Gasteiger partial charge in [-0.2, -0.15) is 5.10 Å². The molecule has 1 aliphatic rings. The van der Waals surface area contributed by atoms with Gasteiger partial charge in [-0.25, -0.2) is 0 Å². The number of nitrogens with zero attached hydrogens (tertiary/aromatic N) is 4. The van der Waals surface area contributed by atoms with Gasteiger partial charge >= 0.3 is 0 Å². The summed E-state index contributed by atoms with van der Waals surface area (Å²) in [7, 11) is 5.58. The van der Waals surface area contributed by atoms with Crippen molar-refractivity contribution in [2.24, 2.45) is 12.0 Å². The molecule has 1 aromatic heterocycles. The van der Waals surface area contributed by atoms with Gasteiger partial charge in [0.2, 0.25) is 0 Å². The number of hydrogen-bond acceptors (Lipinski definition) is 4. The Bertz CT molecular complexity index is 874. The molecule has 1 unspecified atom stereocenters.